The molecule has 13 heavy (non-hydrogen) atoms. The highest BCUT2D eigenvalue weighted by molar-refractivity contribution is 7.99. The van der Waals surface area contributed by atoms with Gasteiger partial charge in [-0.05, 0) is 26.3 Å². The Kier molecular flexibility index (Phi) is 4.18. The molecular formula is C9H14N2OS. The van der Waals surface area contributed by atoms with Crippen molar-refractivity contribution in [2.45, 2.75) is 25.4 Å². The Morgan fingerprint density at radius 3 is 2.46 bits per heavy atom. The lowest BCUT2D eigenvalue weighted by atomic mass is 10.4. The zero-order valence-electron chi connectivity index (χ0n) is 7.95. The first-order chi connectivity index (χ1) is 6.22. The summed E-state index contributed by atoms with van der Waals surface area (Å²) in [6.07, 6.45) is 0.793. The first-order valence-corrected chi connectivity index (χ1v) is 5.27. The molecule has 0 saturated heterocycles. The van der Waals surface area contributed by atoms with E-state index >= 15 is 0 Å². The Morgan fingerprint density at radius 2 is 1.92 bits per heavy atom. The number of aryl methyl sites for hydroxylation is 2. The van der Waals surface area contributed by atoms with Gasteiger partial charge in [0, 0.05) is 23.7 Å². The fraction of sp³-hybridized carbons (Fsp3) is 0.556. The predicted molar refractivity (Wildman–Crippen MR) is 53.9 cm³/mol. The summed E-state index contributed by atoms with van der Waals surface area (Å²) in [5, 5.41) is 9.41. The van der Waals surface area contributed by atoms with Gasteiger partial charge in [0.2, 0.25) is 0 Å². The average Bonchev–Trinajstić information content (AvgIpc) is 2.03. The Bertz CT molecular complexity index is 258. The van der Waals surface area contributed by atoms with Crippen molar-refractivity contribution in [3.63, 3.8) is 0 Å². The Hall–Kier alpha value is -0.610. The van der Waals surface area contributed by atoms with Crippen molar-refractivity contribution in [3.8, 4) is 0 Å². The maximum Gasteiger partial charge on any atom is 0.187 e. The minimum Gasteiger partial charge on any atom is -0.396 e. The SMILES string of the molecule is Cc1cc(C)nc(SCCCO)n1. The zero-order valence-corrected chi connectivity index (χ0v) is 8.77. The van der Waals surface area contributed by atoms with Crippen LogP contribution in [0.2, 0.25) is 0 Å². The third kappa shape index (κ3) is 3.74. The van der Waals surface area contributed by atoms with Gasteiger partial charge in [-0.25, -0.2) is 9.97 Å². The molecule has 1 rings (SSSR count). The van der Waals surface area contributed by atoms with E-state index in [1.807, 2.05) is 19.9 Å². The maximum atomic E-state index is 8.60. The van der Waals surface area contributed by atoms with Crippen molar-refractivity contribution < 1.29 is 5.11 Å². The molecule has 3 nitrogen and oxygen atoms in total. The second-order valence-corrected chi connectivity index (χ2v) is 3.92. The highest BCUT2D eigenvalue weighted by atomic mass is 32.2. The smallest absolute Gasteiger partial charge is 0.187 e. The van der Waals surface area contributed by atoms with E-state index < -0.39 is 0 Å². The fourth-order valence-electron chi connectivity index (χ4n) is 0.986. The number of aromatic nitrogens is 2. The van der Waals surface area contributed by atoms with E-state index in [0.717, 1.165) is 28.7 Å². The molecule has 0 aliphatic rings. The number of hydrogen-bond donors (Lipinski definition) is 1. The summed E-state index contributed by atoms with van der Waals surface area (Å²) in [5.74, 6) is 0.874. The minimum absolute atomic E-state index is 0.234. The summed E-state index contributed by atoms with van der Waals surface area (Å²) >= 11 is 1.59. The molecule has 0 unspecified atom stereocenters. The van der Waals surface area contributed by atoms with Crippen LogP contribution >= 0.6 is 11.8 Å². The quantitative estimate of drug-likeness (QED) is 0.453. The minimum atomic E-state index is 0.234. The van der Waals surface area contributed by atoms with Crippen LogP contribution in [0.5, 0.6) is 0 Å². The van der Waals surface area contributed by atoms with Crippen LogP contribution < -0.4 is 0 Å². The fourth-order valence-corrected chi connectivity index (χ4v) is 1.86. The van der Waals surface area contributed by atoms with Crippen LogP contribution in [0.3, 0.4) is 0 Å². The highest BCUT2D eigenvalue weighted by Gasteiger charge is 1.99. The van der Waals surface area contributed by atoms with E-state index in [1.165, 1.54) is 0 Å². The summed E-state index contributed by atoms with van der Waals surface area (Å²) in [5.41, 5.74) is 2.00. The average molecular weight is 198 g/mol. The lowest BCUT2D eigenvalue weighted by molar-refractivity contribution is 0.296. The molecule has 1 aromatic rings. The number of hydrogen-bond acceptors (Lipinski definition) is 4. The molecule has 0 aliphatic heterocycles. The van der Waals surface area contributed by atoms with Gasteiger partial charge in [-0.3, -0.25) is 0 Å². The monoisotopic (exact) mass is 198 g/mol. The van der Waals surface area contributed by atoms with Gasteiger partial charge in [0.15, 0.2) is 5.16 Å². The normalized spacial score (nSPS) is 10.4. The van der Waals surface area contributed by atoms with Crippen LogP contribution in [-0.2, 0) is 0 Å². The standard InChI is InChI=1S/C9H14N2OS/c1-7-6-8(2)11-9(10-7)13-5-3-4-12/h6,12H,3-5H2,1-2H3. The predicted octanol–water partition coefficient (Wildman–Crippen LogP) is 1.57. The lowest BCUT2D eigenvalue weighted by Crippen LogP contribution is -1.94. The summed E-state index contributed by atoms with van der Waals surface area (Å²) in [7, 11) is 0. The molecule has 0 amide bonds. The topological polar surface area (TPSA) is 46.0 Å². The largest absolute Gasteiger partial charge is 0.396 e. The van der Waals surface area contributed by atoms with Crippen molar-refractivity contribution in [3.05, 3.63) is 17.5 Å². The van der Waals surface area contributed by atoms with Gasteiger partial charge in [0.05, 0.1) is 0 Å². The van der Waals surface area contributed by atoms with E-state index in [4.69, 9.17) is 5.11 Å². The van der Waals surface area contributed by atoms with Crippen molar-refractivity contribution in [2.24, 2.45) is 0 Å². The molecule has 72 valence electrons. The van der Waals surface area contributed by atoms with Crippen LogP contribution in [0, 0.1) is 13.8 Å². The molecule has 0 bridgehead atoms. The summed E-state index contributed by atoms with van der Waals surface area (Å²) < 4.78 is 0. The molecular weight excluding hydrogens is 184 g/mol. The molecule has 4 heteroatoms. The molecule has 0 aliphatic carbocycles. The van der Waals surface area contributed by atoms with E-state index in [2.05, 4.69) is 9.97 Å². The third-order valence-electron chi connectivity index (χ3n) is 1.50. The van der Waals surface area contributed by atoms with E-state index in [1.54, 1.807) is 11.8 Å². The van der Waals surface area contributed by atoms with Crippen molar-refractivity contribution in [1.82, 2.24) is 9.97 Å². The first-order valence-electron chi connectivity index (χ1n) is 4.28. The molecule has 0 saturated carbocycles. The Morgan fingerprint density at radius 1 is 1.31 bits per heavy atom. The highest BCUT2D eigenvalue weighted by Crippen LogP contribution is 2.14. The molecule has 0 fully saturated rings. The Labute approximate surface area is 82.6 Å². The van der Waals surface area contributed by atoms with Gasteiger partial charge in [0.1, 0.15) is 0 Å². The van der Waals surface area contributed by atoms with Gasteiger partial charge < -0.3 is 5.11 Å². The van der Waals surface area contributed by atoms with E-state index in [9.17, 15) is 0 Å². The van der Waals surface area contributed by atoms with Crippen LogP contribution in [-0.4, -0.2) is 27.4 Å². The van der Waals surface area contributed by atoms with Crippen molar-refractivity contribution in [2.75, 3.05) is 12.4 Å². The lowest BCUT2D eigenvalue weighted by Gasteiger charge is -2.01. The van der Waals surface area contributed by atoms with Crippen LogP contribution in [0.15, 0.2) is 11.2 Å². The molecule has 0 spiro atoms. The number of aliphatic hydroxyl groups excluding tert-OH is 1. The van der Waals surface area contributed by atoms with Gasteiger partial charge in [0.25, 0.3) is 0 Å². The number of thioether (sulfide) groups is 1. The number of nitrogens with zero attached hydrogens (tertiary/aromatic N) is 2. The van der Waals surface area contributed by atoms with Gasteiger partial charge in [-0.2, -0.15) is 0 Å². The van der Waals surface area contributed by atoms with Crippen LogP contribution in [0.25, 0.3) is 0 Å². The summed E-state index contributed by atoms with van der Waals surface area (Å²) in [6, 6.07) is 1.95. The van der Waals surface area contributed by atoms with Crippen molar-refractivity contribution >= 4 is 11.8 Å². The molecule has 0 aromatic carbocycles. The molecule has 0 radical (unpaired) electrons. The first kappa shape index (κ1) is 10.5. The van der Waals surface area contributed by atoms with Gasteiger partial charge >= 0.3 is 0 Å². The molecule has 1 N–H and O–H groups in total. The van der Waals surface area contributed by atoms with Crippen LogP contribution in [0.4, 0.5) is 0 Å². The third-order valence-corrected chi connectivity index (χ3v) is 2.43. The maximum absolute atomic E-state index is 8.60. The zero-order chi connectivity index (χ0) is 9.68. The van der Waals surface area contributed by atoms with E-state index in [0.29, 0.717) is 0 Å². The van der Waals surface area contributed by atoms with Crippen LogP contribution in [0.1, 0.15) is 17.8 Å². The number of rotatable bonds is 4. The van der Waals surface area contributed by atoms with E-state index in [-0.39, 0.29) is 6.61 Å². The van der Waals surface area contributed by atoms with Gasteiger partial charge in [-0.1, -0.05) is 11.8 Å². The summed E-state index contributed by atoms with van der Waals surface area (Å²) in [6.45, 7) is 4.16. The summed E-state index contributed by atoms with van der Waals surface area (Å²) in [4.78, 5) is 8.55. The molecule has 1 heterocycles. The second-order valence-electron chi connectivity index (χ2n) is 2.86. The van der Waals surface area contributed by atoms with Gasteiger partial charge in [-0.15, -0.1) is 0 Å². The number of aliphatic hydroxyl groups is 1. The van der Waals surface area contributed by atoms with Crippen molar-refractivity contribution in [1.29, 1.82) is 0 Å². The molecule has 1 aromatic heterocycles. The molecule has 0 atom stereocenters. The second kappa shape index (κ2) is 5.19. The Balaban J connectivity index is 2.56.